The summed E-state index contributed by atoms with van der Waals surface area (Å²) >= 11 is 0. The van der Waals surface area contributed by atoms with E-state index in [0.29, 0.717) is 12.2 Å². The highest BCUT2D eigenvalue weighted by Crippen LogP contribution is 2.31. The lowest BCUT2D eigenvalue weighted by molar-refractivity contribution is -0.119. The summed E-state index contributed by atoms with van der Waals surface area (Å²) < 4.78 is 26.9. The number of rotatable bonds is 3. The van der Waals surface area contributed by atoms with E-state index >= 15 is 0 Å². The Morgan fingerprint density at radius 2 is 2.04 bits per heavy atom. The van der Waals surface area contributed by atoms with Crippen molar-refractivity contribution in [2.45, 2.75) is 13.0 Å². The second-order valence-corrected chi connectivity index (χ2v) is 5.99. The van der Waals surface area contributed by atoms with E-state index in [1.54, 1.807) is 13.0 Å². The molecule has 0 fully saturated rings. The molecule has 0 radical (unpaired) electrons. The third-order valence-corrected chi connectivity index (χ3v) is 4.16. The predicted octanol–water partition coefficient (Wildman–Crippen LogP) is 3.09. The van der Waals surface area contributed by atoms with Gasteiger partial charge in [0.2, 0.25) is 5.91 Å². The van der Waals surface area contributed by atoms with Crippen LogP contribution in [-0.2, 0) is 4.79 Å². The number of halogens is 2. The number of hydrogen-bond donors (Lipinski definition) is 2. The summed E-state index contributed by atoms with van der Waals surface area (Å²) in [5.41, 5.74) is 1.44. The molecule has 126 valence electrons. The molecule has 1 aliphatic heterocycles. The zero-order chi connectivity index (χ0) is 17.3. The number of para-hydroxylation sites is 2. The van der Waals surface area contributed by atoms with Gasteiger partial charge in [0.05, 0.1) is 23.4 Å². The molecule has 0 aliphatic carbocycles. The topological polar surface area (TPSA) is 52.6 Å². The first-order chi connectivity index (χ1) is 11.5. The molecule has 0 saturated carbocycles. The first-order valence-electron chi connectivity index (χ1n) is 7.73. The Balaban J connectivity index is 1.89. The summed E-state index contributed by atoms with van der Waals surface area (Å²) in [5.74, 6) is -1.87. The number of carbonyl (C=O) groups excluding carboxylic acids is 1. The smallest absolute Gasteiger partial charge is 0.229 e. The average molecular weight is 332 g/mol. The molecule has 4 nitrogen and oxygen atoms in total. The van der Waals surface area contributed by atoms with Crippen molar-refractivity contribution in [3.63, 3.8) is 0 Å². The van der Waals surface area contributed by atoms with Crippen molar-refractivity contribution in [2.24, 2.45) is 5.92 Å². The summed E-state index contributed by atoms with van der Waals surface area (Å²) in [5, 5.41) is 13.3. The molecular formula is C18H18F2N2O2. The van der Waals surface area contributed by atoms with Crippen LogP contribution in [0.15, 0.2) is 42.5 Å². The number of nitrogens with zero attached hydrogens (tertiary/aromatic N) is 1. The Bertz CT molecular complexity index is 766. The van der Waals surface area contributed by atoms with E-state index in [4.69, 9.17) is 0 Å². The molecule has 3 rings (SSSR count). The van der Waals surface area contributed by atoms with Crippen LogP contribution in [0.3, 0.4) is 0 Å². The van der Waals surface area contributed by atoms with Crippen LogP contribution in [0, 0.1) is 17.6 Å². The molecule has 2 unspecified atom stereocenters. The van der Waals surface area contributed by atoms with Gasteiger partial charge in [-0.1, -0.05) is 25.1 Å². The van der Waals surface area contributed by atoms with Crippen molar-refractivity contribution in [2.75, 3.05) is 23.3 Å². The Morgan fingerprint density at radius 3 is 2.79 bits per heavy atom. The van der Waals surface area contributed by atoms with Gasteiger partial charge in [0.1, 0.15) is 11.6 Å². The minimum Gasteiger partial charge on any atom is -0.386 e. The van der Waals surface area contributed by atoms with Crippen LogP contribution in [0.1, 0.15) is 18.6 Å². The average Bonchev–Trinajstić information content (AvgIpc) is 2.65. The number of β-amino-alcohol motifs (C(OH)–C–C–N with tert-alkyl or cyclic N) is 1. The second kappa shape index (κ2) is 6.57. The fraction of sp³-hybridized carbons (Fsp3) is 0.278. The van der Waals surface area contributed by atoms with Gasteiger partial charge in [0.25, 0.3) is 0 Å². The van der Waals surface area contributed by atoms with Gasteiger partial charge in [-0.2, -0.15) is 0 Å². The quantitative estimate of drug-likeness (QED) is 0.908. The number of carbonyl (C=O) groups is 1. The van der Waals surface area contributed by atoms with Gasteiger partial charge >= 0.3 is 0 Å². The van der Waals surface area contributed by atoms with E-state index in [1.165, 1.54) is 6.07 Å². The summed E-state index contributed by atoms with van der Waals surface area (Å²) in [6.07, 6.45) is -1.14. The van der Waals surface area contributed by atoms with E-state index in [-0.39, 0.29) is 23.9 Å². The third kappa shape index (κ3) is 3.23. The number of anilines is 2. The number of amides is 1. The molecule has 1 amide bonds. The predicted molar refractivity (Wildman–Crippen MR) is 87.8 cm³/mol. The first kappa shape index (κ1) is 16.4. The summed E-state index contributed by atoms with van der Waals surface area (Å²) in [6.45, 7) is 2.28. The molecular weight excluding hydrogens is 314 g/mol. The van der Waals surface area contributed by atoms with Gasteiger partial charge in [-0.15, -0.1) is 0 Å². The van der Waals surface area contributed by atoms with Crippen LogP contribution in [0.25, 0.3) is 0 Å². The van der Waals surface area contributed by atoms with E-state index in [1.807, 2.05) is 23.1 Å². The summed E-state index contributed by atoms with van der Waals surface area (Å²) in [7, 11) is 0. The molecule has 0 aromatic heterocycles. The Labute approximate surface area is 138 Å². The number of fused-ring (bicyclic) bond motifs is 1. The largest absolute Gasteiger partial charge is 0.386 e. The fourth-order valence-electron chi connectivity index (χ4n) is 2.87. The van der Waals surface area contributed by atoms with Crippen molar-refractivity contribution in [3.8, 4) is 0 Å². The molecule has 2 aromatic carbocycles. The normalized spacial score (nSPS) is 18.6. The maximum absolute atomic E-state index is 13.9. The molecule has 24 heavy (non-hydrogen) atoms. The lowest BCUT2D eigenvalue weighted by Gasteiger charge is -2.28. The number of nitrogens with one attached hydrogen (secondary N) is 1. The second-order valence-electron chi connectivity index (χ2n) is 5.99. The molecule has 0 bridgehead atoms. The summed E-state index contributed by atoms with van der Waals surface area (Å²) in [6, 6.07) is 10.4. The highest BCUT2D eigenvalue weighted by molar-refractivity contribution is 5.97. The molecule has 2 aromatic rings. The zero-order valence-corrected chi connectivity index (χ0v) is 13.2. The van der Waals surface area contributed by atoms with Crippen molar-refractivity contribution in [1.29, 1.82) is 0 Å². The Hall–Kier alpha value is -2.47. The molecule has 2 atom stereocenters. The van der Waals surface area contributed by atoms with Gasteiger partial charge in [-0.05, 0) is 18.2 Å². The molecule has 1 heterocycles. The lowest BCUT2D eigenvalue weighted by atomic mass is 10.1. The van der Waals surface area contributed by atoms with Gasteiger partial charge in [0.15, 0.2) is 0 Å². The highest BCUT2D eigenvalue weighted by atomic mass is 19.1. The van der Waals surface area contributed by atoms with Crippen LogP contribution >= 0.6 is 0 Å². The zero-order valence-electron chi connectivity index (χ0n) is 13.2. The van der Waals surface area contributed by atoms with Crippen molar-refractivity contribution >= 4 is 17.3 Å². The maximum Gasteiger partial charge on any atom is 0.229 e. The van der Waals surface area contributed by atoms with Crippen molar-refractivity contribution in [3.05, 3.63) is 59.7 Å². The van der Waals surface area contributed by atoms with Crippen LogP contribution in [0.4, 0.5) is 20.2 Å². The van der Waals surface area contributed by atoms with Crippen LogP contribution in [-0.4, -0.2) is 24.1 Å². The summed E-state index contributed by atoms with van der Waals surface area (Å²) in [4.78, 5) is 13.9. The van der Waals surface area contributed by atoms with E-state index in [9.17, 15) is 18.7 Å². The monoisotopic (exact) mass is 332 g/mol. The minimum absolute atomic E-state index is 0.0325. The highest BCUT2D eigenvalue weighted by Gasteiger charge is 2.27. The Morgan fingerprint density at radius 1 is 1.29 bits per heavy atom. The van der Waals surface area contributed by atoms with Gasteiger partial charge in [0, 0.05) is 24.7 Å². The van der Waals surface area contributed by atoms with Crippen LogP contribution in [0.5, 0.6) is 0 Å². The van der Waals surface area contributed by atoms with Gasteiger partial charge in [-0.3, -0.25) is 4.79 Å². The molecule has 1 aliphatic rings. The van der Waals surface area contributed by atoms with E-state index < -0.39 is 17.7 Å². The number of aliphatic hydroxyl groups excluding tert-OH is 1. The standard InChI is InChI=1S/C18H18F2N2O2/c1-11-9-22(16-5-3-2-4-15(16)21-18(11)24)10-17(23)13-7-6-12(19)8-14(13)20/h2-8,11,17,23H,9-10H2,1H3,(H,21,24). The van der Waals surface area contributed by atoms with Crippen LogP contribution < -0.4 is 10.2 Å². The van der Waals surface area contributed by atoms with E-state index in [2.05, 4.69) is 5.32 Å². The fourth-order valence-corrected chi connectivity index (χ4v) is 2.87. The number of hydrogen-bond acceptors (Lipinski definition) is 3. The molecule has 2 N–H and O–H groups in total. The Kier molecular flexibility index (Phi) is 4.49. The SMILES string of the molecule is CC1CN(CC(O)c2ccc(F)cc2F)c2ccccc2NC1=O. The number of benzene rings is 2. The van der Waals surface area contributed by atoms with E-state index in [0.717, 1.165) is 17.8 Å². The van der Waals surface area contributed by atoms with Gasteiger partial charge in [-0.25, -0.2) is 8.78 Å². The molecule has 6 heteroatoms. The molecule has 0 saturated heterocycles. The lowest BCUT2D eigenvalue weighted by Crippen LogP contribution is -2.34. The van der Waals surface area contributed by atoms with Crippen LogP contribution in [0.2, 0.25) is 0 Å². The van der Waals surface area contributed by atoms with Crippen molar-refractivity contribution in [1.82, 2.24) is 0 Å². The van der Waals surface area contributed by atoms with Crippen molar-refractivity contribution < 1.29 is 18.7 Å². The number of aliphatic hydroxyl groups is 1. The van der Waals surface area contributed by atoms with Gasteiger partial charge < -0.3 is 15.3 Å². The minimum atomic E-state index is -1.14. The first-order valence-corrected chi connectivity index (χ1v) is 7.73. The third-order valence-electron chi connectivity index (χ3n) is 4.16. The molecule has 0 spiro atoms. The maximum atomic E-state index is 13.9.